The number of primary amides is 1. The largest absolute Gasteiger partial charge is 0.370 e. The maximum absolute atomic E-state index is 13.2. The van der Waals surface area contributed by atoms with Gasteiger partial charge in [0.25, 0.3) is 0 Å². The molecule has 0 aliphatic heterocycles. The van der Waals surface area contributed by atoms with Crippen LogP contribution in [-0.2, 0) is 19.2 Å². The molecule has 0 saturated carbocycles. The Bertz CT molecular complexity index is 693. The molecule has 11 nitrogen and oxygen atoms in total. The first kappa shape index (κ1) is 31.3. The zero-order valence-electron chi connectivity index (χ0n) is 21.1. The van der Waals surface area contributed by atoms with Crippen molar-refractivity contribution in [2.75, 3.05) is 13.1 Å². The van der Waals surface area contributed by atoms with E-state index in [0.717, 1.165) is 12.8 Å². The highest BCUT2D eigenvalue weighted by Gasteiger charge is 2.29. The number of carbonyl (C=O) groups is 4. The molecular weight excluding hydrogens is 438 g/mol. The van der Waals surface area contributed by atoms with Crippen LogP contribution >= 0.6 is 0 Å². The van der Waals surface area contributed by atoms with E-state index in [2.05, 4.69) is 15.6 Å². The third kappa shape index (κ3) is 13.8. The predicted octanol–water partition coefficient (Wildman–Crippen LogP) is -0.0986. The van der Waals surface area contributed by atoms with Crippen molar-refractivity contribution in [3.05, 3.63) is 0 Å². The summed E-state index contributed by atoms with van der Waals surface area (Å²) in [6.07, 6.45) is 3.53. The number of aliphatic imine (C=N–C) groups is 1. The molecule has 0 aliphatic rings. The topological polar surface area (TPSA) is 209 Å². The SMILES string of the molecule is CC(C)C[C@H](NC(=O)[C@@H](C)CCCCN)C(=O)C[C@@H](CCCN=C(N)N)C(=O)N[C@@H](C)C(N)=O. The van der Waals surface area contributed by atoms with Crippen molar-refractivity contribution >= 4 is 29.5 Å². The van der Waals surface area contributed by atoms with E-state index in [-0.39, 0.29) is 35.9 Å². The number of Topliss-reactive ketones (excluding diaryl/α,β-unsaturated/α-hetero) is 1. The van der Waals surface area contributed by atoms with Gasteiger partial charge in [0, 0.05) is 24.8 Å². The number of guanidine groups is 1. The van der Waals surface area contributed by atoms with E-state index < -0.39 is 29.8 Å². The molecule has 10 N–H and O–H groups in total. The Labute approximate surface area is 203 Å². The van der Waals surface area contributed by atoms with Crippen molar-refractivity contribution in [2.24, 2.45) is 45.7 Å². The fourth-order valence-electron chi connectivity index (χ4n) is 3.44. The third-order valence-corrected chi connectivity index (χ3v) is 5.56. The fraction of sp³-hybridized carbons (Fsp3) is 0.783. The van der Waals surface area contributed by atoms with Gasteiger partial charge in [0.15, 0.2) is 11.7 Å². The van der Waals surface area contributed by atoms with E-state index in [0.29, 0.717) is 38.8 Å². The summed E-state index contributed by atoms with van der Waals surface area (Å²) in [5.41, 5.74) is 21.4. The second-order valence-electron chi connectivity index (χ2n) is 9.33. The van der Waals surface area contributed by atoms with E-state index in [1.165, 1.54) is 6.92 Å². The number of hydrogen-bond acceptors (Lipinski definition) is 6. The second-order valence-corrected chi connectivity index (χ2v) is 9.33. The Morgan fingerprint density at radius 2 is 1.50 bits per heavy atom. The van der Waals surface area contributed by atoms with Gasteiger partial charge in [0.2, 0.25) is 17.7 Å². The molecule has 0 aromatic heterocycles. The summed E-state index contributed by atoms with van der Waals surface area (Å²) < 4.78 is 0. The van der Waals surface area contributed by atoms with Crippen LogP contribution < -0.4 is 33.6 Å². The van der Waals surface area contributed by atoms with Gasteiger partial charge in [-0.2, -0.15) is 0 Å². The lowest BCUT2D eigenvalue weighted by molar-refractivity contribution is -0.134. The summed E-state index contributed by atoms with van der Waals surface area (Å²) in [5.74, 6) is -2.40. The van der Waals surface area contributed by atoms with Gasteiger partial charge in [-0.05, 0) is 51.5 Å². The van der Waals surface area contributed by atoms with Gasteiger partial charge in [0.05, 0.1) is 6.04 Å². The minimum atomic E-state index is -0.872. The molecule has 0 aromatic carbocycles. The number of hydrogen-bond donors (Lipinski definition) is 6. The second kappa shape index (κ2) is 16.9. The van der Waals surface area contributed by atoms with Gasteiger partial charge in [-0.15, -0.1) is 0 Å². The van der Waals surface area contributed by atoms with Crippen LogP contribution in [0.15, 0.2) is 4.99 Å². The summed E-state index contributed by atoms with van der Waals surface area (Å²) >= 11 is 0. The van der Waals surface area contributed by atoms with Crippen LogP contribution in [0.5, 0.6) is 0 Å². The molecule has 0 spiro atoms. The number of amides is 3. The predicted molar refractivity (Wildman–Crippen MR) is 133 cm³/mol. The summed E-state index contributed by atoms with van der Waals surface area (Å²) in [6, 6.07) is -1.57. The number of nitrogens with zero attached hydrogens (tertiary/aromatic N) is 1. The number of rotatable bonds is 18. The van der Waals surface area contributed by atoms with Crippen LogP contribution in [0.4, 0.5) is 0 Å². The highest BCUT2D eigenvalue weighted by Crippen LogP contribution is 2.18. The van der Waals surface area contributed by atoms with Crippen molar-refractivity contribution in [1.29, 1.82) is 0 Å². The number of unbranched alkanes of at least 4 members (excludes halogenated alkanes) is 1. The maximum Gasteiger partial charge on any atom is 0.239 e. The van der Waals surface area contributed by atoms with Crippen molar-refractivity contribution < 1.29 is 19.2 Å². The molecule has 0 rings (SSSR count). The third-order valence-electron chi connectivity index (χ3n) is 5.56. The molecule has 0 fully saturated rings. The Morgan fingerprint density at radius 1 is 0.853 bits per heavy atom. The lowest BCUT2D eigenvalue weighted by atomic mass is 9.89. The Hall–Kier alpha value is -2.69. The van der Waals surface area contributed by atoms with Gasteiger partial charge in [0.1, 0.15) is 6.04 Å². The standard InChI is InChI=1S/C23H45N7O4/c1-14(2)12-18(30-21(33)15(3)8-5-6-10-24)19(31)13-17(9-7-11-28-23(26)27)22(34)29-16(4)20(25)32/h14-18H,5-13,24H2,1-4H3,(H2,25,32)(H,29,34)(H,30,33)(H4,26,27,28)/t15-,16-,17+,18-/m0/s1. The van der Waals surface area contributed by atoms with E-state index in [1.54, 1.807) is 0 Å². The monoisotopic (exact) mass is 483 g/mol. The highest BCUT2D eigenvalue weighted by atomic mass is 16.2. The zero-order valence-corrected chi connectivity index (χ0v) is 21.1. The Morgan fingerprint density at radius 3 is 2.03 bits per heavy atom. The molecule has 0 bridgehead atoms. The van der Waals surface area contributed by atoms with Crippen LogP contribution in [0.2, 0.25) is 0 Å². The van der Waals surface area contributed by atoms with E-state index >= 15 is 0 Å². The summed E-state index contributed by atoms with van der Waals surface area (Å²) in [6.45, 7) is 8.11. The van der Waals surface area contributed by atoms with Crippen molar-refractivity contribution in [3.8, 4) is 0 Å². The molecule has 0 saturated heterocycles. The number of ketones is 1. The van der Waals surface area contributed by atoms with Crippen LogP contribution in [0.3, 0.4) is 0 Å². The van der Waals surface area contributed by atoms with Crippen molar-refractivity contribution in [3.63, 3.8) is 0 Å². The summed E-state index contributed by atoms with van der Waals surface area (Å²) in [5, 5.41) is 5.43. The Balaban J connectivity index is 5.37. The lowest BCUT2D eigenvalue weighted by Gasteiger charge is -2.24. The molecule has 0 radical (unpaired) electrons. The summed E-state index contributed by atoms with van der Waals surface area (Å²) in [4.78, 5) is 53.9. The van der Waals surface area contributed by atoms with Gasteiger partial charge in [-0.25, -0.2) is 0 Å². The smallest absolute Gasteiger partial charge is 0.239 e. The summed E-state index contributed by atoms with van der Waals surface area (Å²) in [7, 11) is 0. The number of nitrogens with one attached hydrogen (secondary N) is 2. The van der Waals surface area contributed by atoms with Gasteiger partial charge < -0.3 is 33.6 Å². The first-order valence-electron chi connectivity index (χ1n) is 12.1. The molecule has 196 valence electrons. The van der Waals surface area contributed by atoms with Gasteiger partial charge in [-0.3, -0.25) is 24.2 Å². The van der Waals surface area contributed by atoms with Crippen LogP contribution in [0.1, 0.15) is 72.6 Å². The van der Waals surface area contributed by atoms with Crippen LogP contribution in [0, 0.1) is 17.8 Å². The molecule has 0 unspecified atom stereocenters. The highest BCUT2D eigenvalue weighted by molar-refractivity contribution is 5.94. The van der Waals surface area contributed by atoms with E-state index in [4.69, 9.17) is 22.9 Å². The van der Waals surface area contributed by atoms with E-state index in [9.17, 15) is 19.2 Å². The minimum absolute atomic E-state index is 0.0558. The molecule has 34 heavy (non-hydrogen) atoms. The first-order chi connectivity index (χ1) is 15.9. The molecule has 11 heteroatoms. The molecule has 0 aromatic rings. The van der Waals surface area contributed by atoms with Crippen molar-refractivity contribution in [2.45, 2.75) is 84.7 Å². The average Bonchev–Trinajstić information content (AvgIpc) is 2.74. The van der Waals surface area contributed by atoms with E-state index in [1.807, 2.05) is 20.8 Å². The Kier molecular flexibility index (Phi) is 15.5. The van der Waals surface area contributed by atoms with Gasteiger partial charge in [-0.1, -0.05) is 27.2 Å². The quantitative estimate of drug-likeness (QED) is 0.0884. The van der Waals surface area contributed by atoms with Crippen LogP contribution in [0.25, 0.3) is 0 Å². The van der Waals surface area contributed by atoms with Crippen molar-refractivity contribution in [1.82, 2.24) is 10.6 Å². The molecule has 3 amide bonds. The van der Waals surface area contributed by atoms with Crippen LogP contribution in [-0.4, -0.2) is 54.6 Å². The number of nitrogens with two attached hydrogens (primary N) is 4. The maximum atomic E-state index is 13.2. The van der Waals surface area contributed by atoms with Gasteiger partial charge >= 0.3 is 0 Å². The zero-order chi connectivity index (χ0) is 26.3. The normalized spacial score (nSPS) is 14.5. The molecular formula is C23H45N7O4. The fourth-order valence-corrected chi connectivity index (χ4v) is 3.44. The lowest BCUT2D eigenvalue weighted by Crippen LogP contribution is -2.47. The molecule has 0 aliphatic carbocycles. The minimum Gasteiger partial charge on any atom is -0.370 e. The molecule has 4 atom stereocenters. The molecule has 0 heterocycles. The average molecular weight is 484 g/mol. The first-order valence-corrected chi connectivity index (χ1v) is 12.1. The number of carbonyl (C=O) groups excluding carboxylic acids is 4.